The third-order valence-corrected chi connectivity index (χ3v) is 3.95. The van der Waals surface area contributed by atoms with Gasteiger partial charge in [0.1, 0.15) is 0 Å². The fraction of sp³-hybridized carbons (Fsp3) is 0.429. The van der Waals surface area contributed by atoms with Crippen LogP contribution in [0.4, 0.5) is 0 Å². The Hall–Kier alpha value is -1.16. The predicted octanol–water partition coefficient (Wildman–Crippen LogP) is 3.15. The smallest absolute Gasteiger partial charge is 0.305 e. The van der Waals surface area contributed by atoms with Gasteiger partial charge in [0.25, 0.3) is 0 Å². The molecule has 96 valence electrons. The Balaban J connectivity index is 2.01. The summed E-state index contributed by atoms with van der Waals surface area (Å²) in [5, 5.41) is 0. The summed E-state index contributed by atoms with van der Waals surface area (Å²) in [6, 6.07) is 5.67. The summed E-state index contributed by atoms with van der Waals surface area (Å²) in [6.45, 7) is 2.18. The van der Waals surface area contributed by atoms with E-state index in [0.29, 0.717) is 19.4 Å². The van der Waals surface area contributed by atoms with E-state index in [-0.39, 0.29) is 17.7 Å². The average Bonchev–Trinajstić information content (AvgIpc) is 2.66. The van der Waals surface area contributed by atoms with Crippen molar-refractivity contribution in [3.63, 3.8) is 0 Å². The molecule has 1 aromatic rings. The Kier molecular flexibility index (Phi) is 4.17. The number of esters is 1. The van der Waals surface area contributed by atoms with Crippen LogP contribution in [0.2, 0.25) is 0 Å². The summed E-state index contributed by atoms with van der Waals surface area (Å²) >= 11 is 3.46. The van der Waals surface area contributed by atoms with E-state index >= 15 is 0 Å². The molecule has 2 rings (SSSR count). The molecule has 0 heterocycles. The Morgan fingerprint density at radius 1 is 1.50 bits per heavy atom. The summed E-state index contributed by atoms with van der Waals surface area (Å²) in [7, 11) is 0. The van der Waals surface area contributed by atoms with Gasteiger partial charge in [0.2, 0.25) is 0 Å². The highest BCUT2D eigenvalue weighted by Gasteiger charge is 2.31. The van der Waals surface area contributed by atoms with Crippen LogP contribution < -0.4 is 0 Å². The molecule has 4 heteroatoms. The third-order valence-electron chi connectivity index (χ3n) is 3.21. The summed E-state index contributed by atoms with van der Waals surface area (Å²) in [5.41, 5.74) is 1.86. The molecule has 0 aromatic heterocycles. The number of carbonyl (C=O) groups is 2. The van der Waals surface area contributed by atoms with Gasteiger partial charge in [0.05, 0.1) is 6.61 Å². The minimum Gasteiger partial charge on any atom is -0.466 e. The van der Waals surface area contributed by atoms with Crippen LogP contribution in [0.3, 0.4) is 0 Å². The van der Waals surface area contributed by atoms with E-state index in [1.165, 1.54) is 0 Å². The van der Waals surface area contributed by atoms with Crippen LogP contribution in [-0.4, -0.2) is 18.4 Å². The Bertz CT molecular complexity index is 482. The largest absolute Gasteiger partial charge is 0.466 e. The summed E-state index contributed by atoms with van der Waals surface area (Å²) in [6.07, 6.45) is 1.60. The van der Waals surface area contributed by atoms with Crippen molar-refractivity contribution in [2.24, 2.45) is 5.92 Å². The minimum atomic E-state index is -0.222. The first-order chi connectivity index (χ1) is 8.63. The lowest BCUT2D eigenvalue weighted by Gasteiger charge is -2.06. The molecule has 3 nitrogen and oxygen atoms in total. The van der Waals surface area contributed by atoms with Crippen molar-refractivity contribution in [1.29, 1.82) is 0 Å². The van der Waals surface area contributed by atoms with Gasteiger partial charge in [-0.3, -0.25) is 9.59 Å². The number of fused-ring (bicyclic) bond motifs is 1. The van der Waals surface area contributed by atoms with E-state index in [1.54, 1.807) is 6.92 Å². The second-order valence-corrected chi connectivity index (χ2v) is 5.23. The van der Waals surface area contributed by atoms with Gasteiger partial charge in [-0.05, 0) is 31.4 Å². The zero-order chi connectivity index (χ0) is 13.1. The molecule has 1 aliphatic rings. The third kappa shape index (κ3) is 2.64. The number of halogens is 1. The topological polar surface area (TPSA) is 43.4 Å². The fourth-order valence-electron chi connectivity index (χ4n) is 2.31. The van der Waals surface area contributed by atoms with E-state index in [4.69, 9.17) is 4.74 Å². The summed E-state index contributed by atoms with van der Waals surface area (Å²) in [5.74, 6) is -0.154. The molecule has 0 aliphatic heterocycles. The highest BCUT2D eigenvalue weighted by Crippen LogP contribution is 2.34. The van der Waals surface area contributed by atoms with E-state index in [1.807, 2.05) is 18.2 Å². The molecule has 1 aliphatic carbocycles. The molecule has 0 bridgehead atoms. The van der Waals surface area contributed by atoms with Gasteiger partial charge in [-0.15, -0.1) is 0 Å². The van der Waals surface area contributed by atoms with E-state index < -0.39 is 0 Å². The van der Waals surface area contributed by atoms with Crippen molar-refractivity contribution in [2.75, 3.05) is 6.61 Å². The maximum atomic E-state index is 12.1. The highest BCUT2D eigenvalue weighted by molar-refractivity contribution is 9.10. The molecule has 0 amide bonds. The molecular formula is C14H15BrO3. The maximum absolute atomic E-state index is 12.1. The SMILES string of the molecule is CCOC(=O)CCC1Cc2c(Br)cccc2C1=O. The lowest BCUT2D eigenvalue weighted by atomic mass is 9.99. The molecule has 1 atom stereocenters. The molecule has 18 heavy (non-hydrogen) atoms. The molecule has 1 unspecified atom stereocenters. The van der Waals surface area contributed by atoms with Crippen molar-refractivity contribution in [1.82, 2.24) is 0 Å². The van der Waals surface area contributed by atoms with Crippen LogP contribution in [0, 0.1) is 5.92 Å². The van der Waals surface area contributed by atoms with Crippen LogP contribution in [0.25, 0.3) is 0 Å². The van der Waals surface area contributed by atoms with Gasteiger partial charge < -0.3 is 4.74 Å². The second kappa shape index (κ2) is 5.65. The van der Waals surface area contributed by atoms with Gasteiger partial charge in [0.15, 0.2) is 5.78 Å². The first-order valence-corrected chi connectivity index (χ1v) is 6.90. The summed E-state index contributed by atoms with van der Waals surface area (Å²) < 4.78 is 5.86. The number of hydrogen-bond acceptors (Lipinski definition) is 3. The average molecular weight is 311 g/mol. The van der Waals surface area contributed by atoms with Crippen molar-refractivity contribution in [3.8, 4) is 0 Å². The number of hydrogen-bond donors (Lipinski definition) is 0. The molecular weight excluding hydrogens is 296 g/mol. The van der Waals surface area contributed by atoms with E-state index in [9.17, 15) is 9.59 Å². The van der Waals surface area contributed by atoms with Crippen molar-refractivity contribution < 1.29 is 14.3 Å². The lowest BCUT2D eigenvalue weighted by Crippen LogP contribution is -2.12. The standard InChI is InChI=1S/C14H15BrO3/c1-2-18-13(16)7-6-9-8-11-10(14(9)17)4-3-5-12(11)15/h3-5,9H,2,6-8H2,1H3. The lowest BCUT2D eigenvalue weighted by molar-refractivity contribution is -0.143. The zero-order valence-electron chi connectivity index (χ0n) is 10.2. The van der Waals surface area contributed by atoms with Gasteiger partial charge >= 0.3 is 5.97 Å². The molecule has 0 saturated carbocycles. The van der Waals surface area contributed by atoms with Crippen LogP contribution in [0.5, 0.6) is 0 Å². The maximum Gasteiger partial charge on any atom is 0.305 e. The van der Waals surface area contributed by atoms with Gasteiger partial charge in [-0.2, -0.15) is 0 Å². The quantitative estimate of drug-likeness (QED) is 0.802. The normalized spacial score (nSPS) is 17.7. The first-order valence-electron chi connectivity index (χ1n) is 6.10. The molecule has 0 radical (unpaired) electrons. The Morgan fingerprint density at radius 3 is 2.94 bits per heavy atom. The molecule has 0 N–H and O–H groups in total. The Labute approximate surface area is 115 Å². The van der Waals surface area contributed by atoms with E-state index in [2.05, 4.69) is 15.9 Å². The van der Waals surface area contributed by atoms with Crippen molar-refractivity contribution in [2.45, 2.75) is 26.2 Å². The van der Waals surface area contributed by atoms with Crippen LogP contribution in [0.1, 0.15) is 35.7 Å². The molecule has 0 spiro atoms. The van der Waals surface area contributed by atoms with Crippen LogP contribution in [-0.2, 0) is 16.0 Å². The molecule has 0 saturated heterocycles. The minimum absolute atomic E-state index is 0.0805. The number of Topliss-reactive ketones (excluding diaryl/α,β-unsaturated/α-hetero) is 1. The predicted molar refractivity (Wildman–Crippen MR) is 71.5 cm³/mol. The van der Waals surface area contributed by atoms with Crippen molar-refractivity contribution >= 4 is 27.7 Å². The zero-order valence-corrected chi connectivity index (χ0v) is 11.8. The van der Waals surface area contributed by atoms with Crippen LogP contribution >= 0.6 is 15.9 Å². The monoisotopic (exact) mass is 310 g/mol. The molecule has 1 aromatic carbocycles. The second-order valence-electron chi connectivity index (χ2n) is 4.37. The van der Waals surface area contributed by atoms with Gasteiger partial charge in [-0.25, -0.2) is 0 Å². The van der Waals surface area contributed by atoms with Gasteiger partial charge in [-0.1, -0.05) is 28.1 Å². The number of benzene rings is 1. The number of rotatable bonds is 4. The van der Waals surface area contributed by atoms with Crippen LogP contribution in [0.15, 0.2) is 22.7 Å². The van der Waals surface area contributed by atoms with Crippen molar-refractivity contribution in [3.05, 3.63) is 33.8 Å². The number of ether oxygens (including phenoxy) is 1. The first kappa shape index (κ1) is 13.3. The highest BCUT2D eigenvalue weighted by atomic mass is 79.9. The molecule has 0 fully saturated rings. The van der Waals surface area contributed by atoms with E-state index in [0.717, 1.165) is 22.0 Å². The Morgan fingerprint density at radius 2 is 2.28 bits per heavy atom. The number of ketones is 1. The number of carbonyl (C=O) groups excluding carboxylic acids is 2. The summed E-state index contributed by atoms with van der Waals surface area (Å²) in [4.78, 5) is 23.4. The fourth-order valence-corrected chi connectivity index (χ4v) is 2.84. The van der Waals surface area contributed by atoms with Gasteiger partial charge in [0, 0.05) is 22.4 Å².